The van der Waals surface area contributed by atoms with E-state index in [1.165, 1.54) is 5.56 Å². The minimum Gasteiger partial charge on any atom is -0.423 e. The number of nitrogens with one attached hydrogen (secondary N) is 1. The number of benzene rings is 3. The third-order valence-corrected chi connectivity index (χ3v) is 7.73. The number of nitrogen functional groups attached to an aromatic ring is 1. The molecule has 35 heavy (non-hydrogen) atoms. The third kappa shape index (κ3) is 9.99. The maximum atomic E-state index is 13.4. The van der Waals surface area contributed by atoms with E-state index >= 15 is 0 Å². The molecule has 1 unspecified atom stereocenters. The summed E-state index contributed by atoms with van der Waals surface area (Å²) >= 11 is 0. The molecule has 0 aliphatic carbocycles. The van der Waals surface area contributed by atoms with Crippen molar-refractivity contribution >= 4 is 19.2 Å². The molecule has 1 atom stereocenters. The van der Waals surface area contributed by atoms with Crippen LogP contribution in [-0.2, 0) is 21.7 Å². The van der Waals surface area contributed by atoms with Crippen molar-refractivity contribution in [3.05, 3.63) is 101 Å². The Kier molecular flexibility index (Phi) is 13.7. The number of aryl methyl sites for hydroxylation is 1. The molecule has 1 radical (unpaired) electrons. The van der Waals surface area contributed by atoms with E-state index < -0.39 is 13.3 Å². The molecule has 3 aromatic rings. The van der Waals surface area contributed by atoms with Crippen LogP contribution in [0, 0.1) is 49.5 Å². The van der Waals surface area contributed by atoms with Crippen LogP contribution in [0.3, 0.4) is 0 Å². The van der Waals surface area contributed by atoms with Crippen LogP contribution < -0.4 is 10.5 Å². The summed E-state index contributed by atoms with van der Waals surface area (Å²) < 4.78 is 24.4. The van der Waals surface area contributed by atoms with Crippen molar-refractivity contribution in [2.24, 2.45) is 5.73 Å². The molecule has 3 aromatic carbocycles. The minimum absolute atomic E-state index is 0. The first-order valence-corrected chi connectivity index (χ1v) is 12.9. The van der Waals surface area contributed by atoms with E-state index in [1.54, 1.807) is 48.5 Å². The zero-order valence-corrected chi connectivity index (χ0v) is 25.4. The standard InChI is InChI=1S/C26H29N2O4P.Ac.H2O/c1-2-31-33(30,18-6-9-20-7-4-3-5-8-20)19-21-10-12-23(13-11-21)26(29)32-24-16-14-22(15-17-24)25(27)28;;/h3-5,7-8,10-17H,2,6,9,18-19H2,1H3,(H3,27,28);;1H2. The molecule has 9 heteroatoms. The molecule has 0 saturated carbocycles. The summed E-state index contributed by atoms with van der Waals surface area (Å²) in [6.45, 7) is 2.25. The fourth-order valence-corrected chi connectivity index (χ4v) is 5.74. The van der Waals surface area contributed by atoms with Gasteiger partial charge in [0.15, 0.2) is 0 Å². The Bertz CT molecular complexity index is 1120. The van der Waals surface area contributed by atoms with E-state index in [0.717, 1.165) is 18.4 Å². The first-order valence-electron chi connectivity index (χ1n) is 10.9. The quantitative estimate of drug-likeness (QED) is 0.0970. The van der Waals surface area contributed by atoms with Gasteiger partial charge in [0.05, 0.1) is 12.2 Å². The van der Waals surface area contributed by atoms with Gasteiger partial charge in [-0.05, 0) is 67.3 Å². The zero-order valence-electron chi connectivity index (χ0n) is 19.8. The van der Waals surface area contributed by atoms with Gasteiger partial charge in [-0.15, -0.1) is 0 Å². The number of amidine groups is 1. The van der Waals surface area contributed by atoms with Crippen molar-refractivity contribution in [2.75, 3.05) is 12.8 Å². The Balaban J connectivity index is 0.00000306. The summed E-state index contributed by atoms with van der Waals surface area (Å²) in [5, 5.41) is 7.41. The van der Waals surface area contributed by atoms with Crippen LogP contribution >= 0.6 is 7.37 Å². The maximum absolute atomic E-state index is 13.4. The average Bonchev–Trinajstić information content (AvgIpc) is 2.80. The van der Waals surface area contributed by atoms with Gasteiger partial charge in [0.1, 0.15) is 11.6 Å². The molecule has 0 fully saturated rings. The average molecular weight is 710 g/mol. The topological polar surface area (TPSA) is 134 Å². The normalized spacial score (nSPS) is 11.9. The fourth-order valence-electron chi connectivity index (χ4n) is 3.49. The molecule has 7 nitrogen and oxygen atoms in total. The van der Waals surface area contributed by atoms with Gasteiger partial charge in [-0.3, -0.25) is 9.97 Å². The van der Waals surface area contributed by atoms with Crippen LogP contribution in [0.15, 0.2) is 78.9 Å². The molecule has 0 spiro atoms. The molecular weight excluding hydrogens is 678 g/mol. The van der Waals surface area contributed by atoms with E-state index in [-0.39, 0.29) is 55.4 Å². The predicted octanol–water partition coefficient (Wildman–Crippen LogP) is 4.81. The number of rotatable bonds is 11. The van der Waals surface area contributed by atoms with E-state index in [1.807, 2.05) is 25.1 Å². The van der Waals surface area contributed by atoms with Gasteiger partial charge in [0, 0.05) is 61.9 Å². The summed E-state index contributed by atoms with van der Waals surface area (Å²) in [5.74, 6) is -0.172. The predicted molar refractivity (Wildman–Crippen MR) is 135 cm³/mol. The van der Waals surface area contributed by atoms with Crippen LogP contribution in [0.4, 0.5) is 0 Å². The molecule has 5 N–H and O–H groups in total. The first-order chi connectivity index (χ1) is 15.9. The Morgan fingerprint density at radius 1 is 0.914 bits per heavy atom. The largest absolute Gasteiger partial charge is 0.423 e. The molecule has 0 aliphatic heterocycles. The van der Waals surface area contributed by atoms with Crippen LogP contribution in [0.1, 0.15) is 40.4 Å². The van der Waals surface area contributed by atoms with Crippen molar-refractivity contribution < 1.29 is 68.2 Å². The van der Waals surface area contributed by atoms with Gasteiger partial charge < -0.3 is 20.5 Å². The van der Waals surface area contributed by atoms with E-state index in [2.05, 4.69) is 12.1 Å². The Morgan fingerprint density at radius 2 is 1.51 bits per heavy atom. The van der Waals surface area contributed by atoms with Gasteiger partial charge in [0.2, 0.25) is 7.37 Å². The van der Waals surface area contributed by atoms with E-state index in [0.29, 0.717) is 35.8 Å². The Hall–Kier alpha value is -1.81. The van der Waals surface area contributed by atoms with Gasteiger partial charge >= 0.3 is 5.97 Å². The number of carbonyl (C=O) groups is 1. The number of ether oxygens (including phenoxy) is 1. The number of esters is 1. The van der Waals surface area contributed by atoms with Gasteiger partial charge in [-0.1, -0.05) is 42.5 Å². The van der Waals surface area contributed by atoms with Crippen molar-refractivity contribution in [1.29, 1.82) is 5.41 Å². The van der Waals surface area contributed by atoms with Gasteiger partial charge in [0.25, 0.3) is 0 Å². The van der Waals surface area contributed by atoms with Crippen LogP contribution in [0.2, 0.25) is 0 Å². The summed E-state index contributed by atoms with van der Waals surface area (Å²) in [4.78, 5) is 12.4. The number of hydrogen-bond acceptors (Lipinski definition) is 5. The molecule has 0 aromatic heterocycles. The molecule has 0 bridgehead atoms. The SMILES string of the molecule is CCOP(=O)(CCCc1ccccc1)Cc1ccc(C(=O)Oc2ccc(C(=N)N)cc2)cc1.O.[Ac]. The van der Waals surface area contributed by atoms with Crippen molar-refractivity contribution in [2.45, 2.75) is 25.9 Å². The molecule has 0 saturated heterocycles. The first kappa shape index (κ1) is 31.2. The summed E-state index contributed by atoms with van der Waals surface area (Å²) in [6, 6.07) is 23.5. The summed E-state index contributed by atoms with van der Waals surface area (Å²) in [7, 11) is -2.83. The maximum Gasteiger partial charge on any atom is 0.343 e. The van der Waals surface area contributed by atoms with Crippen LogP contribution in [0.25, 0.3) is 0 Å². The summed E-state index contributed by atoms with van der Waals surface area (Å²) in [6.07, 6.45) is 2.48. The van der Waals surface area contributed by atoms with E-state index in [4.69, 9.17) is 20.4 Å². The number of carbonyl (C=O) groups excluding carboxylic acids is 1. The molecule has 183 valence electrons. The Labute approximate surface area is 242 Å². The van der Waals surface area contributed by atoms with Crippen molar-refractivity contribution in [3.63, 3.8) is 0 Å². The second-order valence-corrected chi connectivity index (χ2v) is 10.4. The molecular formula is C26H31AcN2O5P. The second-order valence-electron chi connectivity index (χ2n) is 7.73. The Morgan fingerprint density at radius 3 is 2.09 bits per heavy atom. The monoisotopic (exact) mass is 709 g/mol. The summed E-state index contributed by atoms with van der Waals surface area (Å²) in [5.41, 5.74) is 8.46. The third-order valence-electron chi connectivity index (χ3n) is 5.16. The molecule has 0 aliphatic rings. The van der Waals surface area contributed by atoms with Gasteiger partial charge in [-0.25, -0.2) is 4.79 Å². The van der Waals surface area contributed by atoms with E-state index in [9.17, 15) is 9.36 Å². The number of nitrogens with two attached hydrogens (primary N) is 1. The minimum atomic E-state index is -2.83. The smallest absolute Gasteiger partial charge is 0.343 e. The molecule has 0 heterocycles. The number of hydrogen-bond donors (Lipinski definition) is 2. The van der Waals surface area contributed by atoms with Crippen molar-refractivity contribution in [1.82, 2.24) is 0 Å². The van der Waals surface area contributed by atoms with Crippen LogP contribution in [0.5, 0.6) is 5.75 Å². The molecule has 0 amide bonds. The second kappa shape index (κ2) is 15.3. The van der Waals surface area contributed by atoms with Crippen LogP contribution in [-0.4, -0.2) is 30.0 Å². The zero-order chi connectivity index (χ0) is 23.7. The molecule has 3 rings (SSSR count). The van der Waals surface area contributed by atoms with Gasteiger partial charge in [-0.2, -0.15) is 0 Å². The fraction of sp³-hybridized carbons (Fsp3) is 0.231. The van der Waals surface area contributed by atoms with Crippen molar-refractivity contribution in [3.8, 4) is 5.75 Å².